The van der Waals surface area contributed by atoms with Crippen molar-refractivity contribution in [1.82, 2.24) is 14.8 Å². The number of thioether (sulfide) groups is 1. The second-order valence-electron chi connectivity index (χ2n) is 6.27. The smallest absolute Gasteiger partial charge is 0.234 e. The molecule has 1 amide bonds. The third kappa shape index (κ3) is 5.98. The molecule has 2 aromatic carbocycles. The number of aromatic nitrogens is 3. The molecule has 0 saturated carbocycles. The Labute approximate surface area is 179 Å². The van der Waals surface area contributed by atoms with Gasteiger partial charge in [0.25, 0.3) is 0 Å². The molecule has 0 fully saturated rings. The summed E-state index contributed by atoms with van der Waals surface area (Å²) >= 11 is 7.20. The van der Waals surface area contributed by atoms with E-state index >= 15 is 0 Å². The van der Waals surface area contributed by atoms with Crippen LogP contribution in [0.15, 0.2) is 53.7 Å². The molecule has 0 unspecified atom stereocenters. The molecule has 0 spiro atoms. The Kier molecular flexibility index (Phi) is 7.55. The van der Waals surface area contributed by atoms with Crippen LogP contribution in [0.2, 0.25) is 5.02 Å². The van der Waals surface area contributed by atoms with Gasteiger partial charge < -0.3 is 14.6 Å². The molecule has 0 radical (unpaired) electrons. The summed E-state index contributed by atoms with van der Waals surface area (Å²) in [5.41, 5.74) is 1.98. The summed E-state index contributed by atoms with van der Waals surface area (Å²) in [6.45, 7) is 5.15. The minimum atomic E-state index is -0.114. The van der Waals surface area contributed by atoms with E-state index in [1.807, 2.05) is 23.6 Å². The Morgan fingerprint density at radius 3 is 2.48 bits per heavy atom. The molecule has 0 saturated heterocycles. The molecule has 1 heterocycles. The van der Waals surface area contributed by atoms with Gasteiger partial charge in [-0.05, 0) is 55.3 Å². The first kappa shape index (κ1) is 21.2. The molecular formula is C21H23ClN4O2S. The lowest BCUT2D eigenvalue weighted by atomic mass is 10.2. The summed E-state index contributed by atoms with van der Waals surface area (Å²) in [7, 11) is 0. The average Bonchev–Trinajstić information content (AvgIpc) is 3.14. The summed E-state index contributed by atoms with van der Waals surface area (Å²) in [4.78, 5) is 12.2. The van der Waals surface area contributed by atoms with Crippen LogP contribution in [0.1, 0.15) is 25.2 Å². The number of hydrogen-bond acceptors (Lipinski definition) is 5. The highest BCUT2D eigenvalue weighted by atomic mass is 35.5. The average molecular weight is 431 g/mol. The molecule has 0 atom stereocenters. The molecule has 29 heavy (non-hydrogen) atoms. The van der Waals surface area contributed by atoms with Crippen LogP contribution in [-0.4, -0.2) is 26.4 Å². The van der Waals surface area contributed by atoms with Crippen LogP contribution in [-0.2, 0) is 24.4 Å². The third-order valence-corrected chi connectivity index (χ3v) is 5.49. The maximum absolute atomic E-state index is 12.2. The van der Waals surface area contributed by atoms with E-state index in [9.17, 15) is 4.79 Å². The molecule has 3 aromatic rings. The zero-order valence-corrected chi connectivity index (χ0v) is 18.0. The van der Waals surface area contributed by atoms with Crippen molar-refractivity contribution in [2.24, 2.45) is 0 Å². The molecule has 6 nitrogen and oxygen atoms in total. The van der Waals surface area contributed by atoms with Crippen LogP contribution < -0.4 is 10.1 Å². The predicted molar refractivity (Wildman–Crippen MR) is 117 cm³/mol. The fourth-order valence-electron chi connectivity index (χ4n) is 2.68. The van der Waals surface area contributed by atoms with E-state index in [0.717, 1.165) is 18.0 Å². The third-order valence-electron chi connectivity index (χ3n) is 4.27. The van der Waals surface area contributed by atoms with Crippen LogP contribution in [0.3, 0.4) is 0 Å². The second kappa shape index (κ2) is 10.3. The first-order valence-corrected chi connectivity index (χ1v) is 10.8. The van der Waals surface area contributed by atoms with Crippen molar-refractivity contribution >= 4 is 35.0 Å². The maximum Gasteiger partial charge on any atom is 0.234 e. The van der Waals surface area contributed by atoms with Gasteiger partial charge in [0.05, 0.1) is 5.75 Å². The summed E-state index contributed by atoms with van der Waals surface area (Å²) in [5, 5.41) is 12.6. The Balaban J connectivity index is 1.55. The largest absolute Gasteiger partial charge is 0.486 e. The standard InChI is InChI=1S/C21H23ClN4O2S/c1-3-15-5-11-18(12-6-15)28-13-19-24-25-21(26(19)4-2)29-14-20(27)23-17-9-7-16(22)8-10-17/h5-12H,3-4,13-14H2,1-2H3,(H,23,27). The Bertz CT molecular complexity index is 942. The highest BCUT2D eigenvalue weighted by Crippen LogP contribution is 2.20. The fraction of sp³-hybridized carbons (Fsp3) is 0.286. The number of carbonyl (C=O) groups excluding carboxylic acids is 1. The molecule has 0 aliphatic rings. The highest BCUT2D eigenvalue weighted by molar-refractivity contribution is 7.99. The number of nitrogens with one attached hydrogen (secondary N) is 1. The van der Waals surface area contributed by atoms with Gasteiger partial charge in [0, 0.05) is 17.3 Å². The number of amides is 1. The van der Waals surface area contributed by atoms with Gasteiger partial charge in [-0.2, -0.15) is 0 Å². The number of benzene rings is 2. The van der Waals surface area contributed by atoms with Crippen molar-refractivity contribution in [2.75, 3.05) is 11.1 Å². The number of aryl methyl sites for hydroxylation is 1. The van der Waals surface area contributed by atoms with Crippen molar-refractivity contribution in [3.05, 3.63) is 64.9 Å². The Morgan fingerprint density at radius 2 is 1.83 bits per heavy atom. The SMILES string of the molecule is CCc1ccc(OCc2nnc(SCC(=O)Nc3ccc(Cl)cc3)n2CC)cc1. The van der Waals surface area contributed by atoms with Crippen LogP contribution in [0.4, 0.5) is 5.69 Å². The van der Waals surface area contributed by atoms with E-state index < -0.39 is 0 Å². The number of anilines is 1. The quantitative estimate of drug-likeness (QED) is 0.492. The molecule has 0 aliphatic carbocycles. The van der Waals surface area contributed by atoms with E-state index in [-0.39, 0.29) is 11.7 Å². The van der Waals surface area contributed by atoms with E-state index in [2.05, 4.69) is 34.6 Å². The van der Waals surface area contributed by atoms with Gasteiger partial charge in [-0.1, -0.05) is 42.4 Å². The number of rotatable bonds is 9. The van der Waals surface area contributed by atoms with Gasteiger partial charge >= 0.3 is 0 Å². The zero-order chi connectivity index (χ0) is 20.6. The van der Waals surface area contributed by atoms with E-state index in [0.29, 0.717) is 29.0 Å². The van der Waals surface area contributed by atoms with Crippen molar-refractivity contribution in [3.8, 4) is 5.75 Å². The molecule has 0 bridgehead atoms. The number of carbonyl (C=O) groups is 1. The minimum absolute atomic E-state index is 0.114. The first-order valence-electron chi connectivity index (χ1n) is 9.41. The van der Waals surface area contributed by atoms with Crippen LogP contribution in [0.5, 0.6) is 5.75 Å². The molecule has 8 heteroatoms. The number of ether oxygens (including phenoxy) is 1. The number of halogens is 1. The van der Waals surface area contributed by atoms with Crippen molar-refractivity contribution in [1.29, 1.82) is 0 Å². The lowest BCUT2D eigenvalue weighted by molar-refractivity contribution is -0.113. The number of nitrogens with zero attached hydrogens (tertiary/aromatic N) is 3. The van der Waals surface area contributed by atoms with Gasteiger partial charge in [0.2, 0.25) is 5.91 Å². The lowest BCUT2D eigenvalue weighted by Crippen LogP contribution is -2.14. The molecule has 0 aliphatic heterocycles. The monoisotopic (exact) mass is 430 g/mol. The van der Waals surface area contributed by atoms with E-state index in [1.165, 1.54) is 17.3 Å². The zero-order valence-electron chi connectivity index (χ0n) is 16.4. The molecule has 1 N–H and O–H groups in total. The van der Waals surface area contributed by atoms with Gasteiger partial charge in [0.1, 0.15) is 12.4 Å². The highest BCUT2D eigenvalue weighted by Gasteiger charge is 2.14. The molecule has 3 rings (SSSR count). The molecule has 152 valence electrons. The van der Waals surface area contributed by atoms with Crippen LogP contribution >= 0.6 is 23.4 Å². The van der Waals surface area contributed by atoms with Crippen molar-refractivity contribution in [3.63, 3.8) is 0 Å². The normalized spacial score (nSPS) is 10.7. The molecular weight excluding hydrogens is 408 g/mol. The summed E-state index contributed by atoms with van der Waals surface area (Å²) in [6.07, 6.45) is 0.997. The summed E-state index contributed by atoms with van der Waals surface area (Å²) < 4.78 is 7.80. The van der Waals surface area contributed by atoms with E-state index in [1.54, 1.807) is 24.3 Å². The van der Waals surface area contributed by atoms with Crippen molar-refractivity contribution < 1.29 is 9.53 Å². The molecule has 1 aromatic heterocycles. The summed E-state index contributed by atoms with van der Waals surface area (Å²) in [6, 6.07) is 15.0. The Hall–Kier alpha value is -2.51. The fourth-order valence-corrected chi connectivity index (χ4v) is 3.63. The second-order valence-corrected chi connectivity index (χ2v) is 7.65. The predicted octanol–water partition coefficient (Wildman–Crippen LogP) is 4.82. The minimum Gasteiger partial charge on any atom is -0.486 e. The topological polar surface area (TPSA) is 69.0 Å². The van der Waals surface area contributed by atoms with Gasteiger partial charge in [-0.3, -0.25) is 4.79 Å². The lowest BCUT2D eigenvalue weighted by Gasteiger charge is -2.09. The van der Waals surface area contributed by atoms with Gasteiger partial charge in [0.15, 0.2) is 11.0 Å². The van der Waals surface area contributed by atoms with Gasteiger partial charge in [-0.15, -0.1) is 10.2 Å². The Morgan fingerprint density at radius 1 is 1.10 bits per heavy atom. The first-order chi connectivity index (χ1) is 14.1. The van der Waals surface area contributed by atoms with Crippen LogP contribution in [0.25, 0.3) is 0 Å². The van der Waals surface area contributed by atoms with Crippen LogP contribution in [0, 0.1) is 0 Å². The number of hydrogen-bond donors (Lipinski definition) is 1. The summed E-state index contributed by atoms with van der Waals surface area (Å²) in [5.74, 6) is 1.65. The van der Waals surface area contributed by atoms with Gasteiger partial charge in [-0.25, -0.2) is 0 Å². The maximum atomic E-state index is 12.2. The van der Waals surface area contributed by atoms with E-state index in [4.69, 9.17) is 16.3 Å². The van der Waals surface area contributed by atoms with Crippen molar-refractivity contribution in [2.45, 2.75) is 38.6 Å².